The number of anilines is 1. The molecule has 1 saturated heterocycles. The van der Waals surface area contributed by atoms with Crippen LogP contribution in [0.3, 0.4) is 0 Å². The maximum atomic E-state index is 13.6. The molecule has 1 aliphatic heterocycles. The first-order chi connectivity index (χ1) is 14.3. The molecule has 31 heavy (non-hydrogen) atoms. The van der Waals surface area contributed by atoms with Crippen LogP contribution in [0.2, 0.25) is 0 Å². The summed E-state index contributed by atoms with van der Waals surface area (Å²) in [6.45, 7) is 2.70. The van der Waals surface area contributed by atoms with E-state index in [1.54, 1.807) is 25.9 Å². The summed E-state index contributed by atoms with van der Waals surface area (Å²) >= 11 is 0.976. The zero-order valence-corrected chi connectivity index (χ0v) is 19.3. The van der Waals surface area contributed by atoms with Crippen molar-refractivity contribution in [1.29, 1.82) is 0 Å². The largest absolute Gasteiger partial charge is 0.434 e. The molecule has 1 aliphatic rings. The molecule has 0 radical (unpaired) electrons. The molecular formula is C18H25F3N6O2S2. The van der Waals surface area contributed by atoms with E-state index in [9.17, 15) is 21.6 Å². The van der Waals surface area contributed by atoms with Gasteiger partial charge in [-0.3, -0.25) is 0 Å². The van der Waals surface area contributed by atoms with Gasteiger partial charge in [-0.2, -0.15) is 13.2 Å². The van der Waals surface area contributed by atoms with Crippen molar-refractivity contribution >= 4 is 27.3 Å². The molecule has 8 nitrogen and oxygen atoms in total. The second kappa shape index (κ2) is 8.96. The van der Waals surface area contributed by atoms with Crippen molar-refractivity contribution in [2.45, 2.75) is 38.5 Å². The van der Waals surface area contributed by atoms with Crippen LogP contribution in [0.25, 0.3) is 10.6 Å². The van der Waals surface area contributed by atoms with Gasteiger partial charge in [0.2, 0.25) is 16.0 Å². The van der Waals surface area contributed by atoms with Crippen LogP contribution in [0.4, 0.5) is 19.1 Å². The summed E-state index contributed by atoms with van der Waals surface area (Å²) in [5.74, 6) is 0.217. The molecule has 0 unspecified atom stereocenters. The van der Waals surface area contributed by atoms with Crippen molar-refractivity contribution in [3.05, 3.63) is 22.5 Å². The van der Waals surface area contributed by atoms with Crippen LogP contribution in [0, 0.1) is 6.92 Å². The lowest BCUT2D eigenvalue weighted by Crippen LogP contribution is -2.42. The number of halogens is 3. The van der Waals surface area contributed by atoms with Crippen LogP contribution in [-0.4, -0.2) is 72.1 Å². The molecule has 13 heteroatoms. The van der Waals surface area contributed by atoms with E-state index in [1.165, 1.54) is 16.8 Å². The van der Waals surface area contributed by atoms with Crippen LogP contribution in [0.5, 0.6) is 0 Å². The predicted octanol–water partition coefficient (Wildman–Crippen LogP) is 2.82. The Labute approximate surface area is 183 Å². The van der Waals surface area contributed by atoms with Crippen molar-refractivity contribution in [2.75, 3.05) is 38.8 Å². The van der Waals surface area contributed by atoms with Crippen LogP contribution in [0.15, 0.2) is 6.20 Å². The molecule has 0 aliphatic carbocycles. The smallest absolute Gasteiger partial charge is 0.351 e. The molecular weight excluding hydrogens is 453 g/mol. The Hall–Kier alpha value is -1.83. The van der Waals surface area contributed by atoms with Gasteiger partial charge in [-0.05, 0) is 39.4 Å². The van der Waals surface area contributed by atoms with Gasteiger partial charge in [0.05, 0.1) is 16.8 Å². The average molecular weight is 479 g/mol. The second-order valence-corrected chi connectivity index (χ2v) is 10.9. The van der Waals surface area contributed by atoms with Gasteiger partial charge >= 0.3 is 6.18 Å². The maximum Gasteiger partial charge on any atom is 0.434 e. The fourth-order valence-corrected chi connectivity index (χ4v) is 5.44. The minimum atomic E-state index is -4.60. The topological polar surface area (TPSA) is 91.3 Å². The molecule has 1 N–H and O–H groups in total. The van der Waals surface area contributed by atoms with Gasteiger partial charge in [-0.15, -0.1) is 11.3 Å². The Morgan fingerprint density at radius 3 is 2.45 bits per heavy atom. The van der Waals surface area contributed by atoms with Crippen molar-refractivity contribution in [3.8, 4) is 10.6 Å². The summed E-state index contributed by atoms with van der Waals surface area (Å²) in [5, 5.41) is 3.49. The van der Waals surface area contributed by atoms with Gasteiger partial charge in [-0.25, -0.2) is 27.7 Å². The van der Waals surface area contributed by atoms with Crippen LogP contribution in [0.1, 0.15) is 29.1 Å². The third-order valence-electron chi connectivity index (χ3n) is 4.83. The number of nitrogens with zero attached hydrogens (tertiary/aromatic N) is 5. The summed E-state index contributed by atoms with van der Waals surface area (Å²) in [6, 6.07) is -0.0681. The number of sulfonamides is 1. The number of rotatable bonds is 6. The minimum absolute atomic E-state index is 0.0285. The molecule has 1 fully saturated rings. The van der Waals surface area contributed by atoms with E-state index in [2.05, 4.69) is 20.3 Å². The molecule has 0 aromatic carbocycles. The van der Waals surface area contributed by atoms with Gasteiger partial charge in [0.1, 0.15) is 5.01 Å². The Morgan fingerprint density at radius 1 is 1.26 bits per heavy atom. The summed E-state index contributed by atoms with van der Waals surface area (Å²) in [6.07, 6.45) is -0.822. The second-order valence-electron chi connectivity index (χ2n) is 7.83. The highest BCUT2D eigenvalue weighted by Gasteiger charge is 2.39. The summed E-state index contributed by atoms with van der Waals surface area (Å²) in [4.78, 5) is 14.1. The molecule has 0 bridgehead atoms. The Balaban J connectivity index is 1.86. The number of aromatic nitrogens is 3. The lowest BCUT2D eigenvalue weighted by molar-refractivity contribution is -0.140. The van der Waals surface area contributed by atoms with Crippen LogP contribution < -0.4 is 5.32 Å². The number of alkyl halides is 3. The normalized spacial score (nSPS) is 16.8. The third-order valence-corrected chi connectivity index (χ3v) is 7.18. The minimum Gasteiger partial charge on any atom is -0.351 e. The lowest BCUT2D eigenvalue weighted by Gasteiger charge is -2.30. The molecule has 0 saturated carbocycles. The number of aryl methyl sites for hydroxylation is 1. The van der Waals surface area contributed by atoms with Gasteiger partial charge in [-0.1, -0.05) is 0 Å². The SMILES string of the molecule is Cc1cnc(NC2CCN(S(C)(=O)=O)CC2)nc1-c1sc(CN(C)C)nc1C(F)(F)F. The number of thiazole rings is 1. The number of hydrogen-bond acceptors (Lipinski definition) is 8. The Kier molecular flexibility index (Phi) is 6.89. The third kappa shape index (κ3) is 5.90. The number of nitrogens with one attached hydrogen (secondary N) is 1. The fourth-order valence-electron chi connectivity index (χ4n) is 3.31. The zero-order valence-electron chi connectivity index (χ0n) is 17.7. The molecule has 0 atom stereocenters. The highest BCUT2D eigenvalue weighted by molar-refractivity contribution is 7.88. The summed E-state index contributed by atoms with van der Waals surface area (Å²) in [7, 11) is 0.294. The van der Waals surface area contributed by atoms with Crippen molar-refractivity contribution in [2.24, 2.45) is 0 Å². The van der Waals surface area contributed by atoms with E-state index in [-0.39, 0.29) is 22.6 Å². The lowest BCUT2D eigenvalue weighted by atomic mass is 10.1. The molecule has 2 aromatic rings. The van der Waals surface area contributed by atoms with Gasteiger partial charge < -0.3 is 10.2 Å². The molecule has 0 spiro atoms. The average Bonchev–Trinajstić information content (AvgIpc) is 3.06. The maximum absolute atomic E-state index is 13.6. The summed E-state index contributed by atoms with van der Waals surface area (Å²) < 4.78 is 65.6. The van der Waals surface area contributed by atoms with Crippen molar-refractivity contribution < 1.29 is 21.6 Å². The van der Waals surface area contributed by atoms with E-state index in [0.29, 0.717) is 43.0 Å². The van der Waals surface area contributed by atoms with Gasteiger partial charge in [0.25, 0.3) is 0 Å². The Bertz CT molecular complexity index is 1030. The van der Waals surface area contributed by atoms with E-state index in [1.807, 2.05) is 0 Å². The van der Waals surface area contributed by atoms with Crippen molar-refractivity contribution in [3.63, 3.8) is 0 Å². The van der Waals surface area contributed by atoms with E-state index in [4.69, 9.17) is 0 Å². The molecule has 2 aromatic heterocycles. The zero-order chi connectivity index (χ0) is 23.0. The quantitative estimate of drug-likeness (QED) is 0.683. The van der Waals surface area contributed by atoms with Gasteiger partial charge in [0.15, 0.2) is 5.69 Å². The molecule has 0 amide bonds. The predicted molar refractivity (Wildman–Crippen MR) is 113 cm³/mol. The first-order valence-corrected chi connectivity index (χ1v) is 12.3. The molecule has 3 heterocycles. The van der Waals surface area contributed by atoms with E-state index in [0.717, 1.165) is 11.3 Å². The van der Waals surface area contributed by atoms with Gasteiger partial charge in [0, 0.05) is 31.9 Å². The molecule has 3 rings (SSSR count). The standard InChI is InChI=1S/C18H25F3N6O2S2/c1-11-9-22-17(23-12-5-7-27(8-6-12)31(4,28)29)25-14(11)15-16(18(19,20)21)24-13(30-15)10-26(2)3/h9,12H,5-8,10H2,1-4H3,(H,22,23,25). The Morgan fingerprint density at radius 2 is 1.90 bits per heavy atom. The monoisotopic (exact) mass is 478 g/mol. The van der Waals surface area contributed by atoms with Crippen LogP contribution in [-0.2, 0) is 22.7 Å². The fraction of sp³-hybridized carbons (Fsp3) is 0.611. The number of hydrogen-bond donors (Lipinski definition) is 1. The highest BCUT2D eigenvalue weighted by atomic mass is 32.2. The number of piperidine rings is 1. The summed E-state index contributed by atoms with van der Waals surface area (Å²) in [5.41, 5.74) is -0.229. The first-order valence-electron chi connectivity index (χ1n) is 9.62. The van der Waals surface area contributed by atoms with E-state index < -0.39 is 21.9 Å². The van der Waals surface area contributed by atoms with Crippen LogP contribution >= 0.6 is 11.3 Å². The molecule has 172 valence electrons. The highest BCUT2D eigenvalue weighted by Crippen LogP contribution is 2.41. The van der Waals surface area contributed by atoms with E-state index >= 15 is 0 Å². The first kappa shape index (κ1) is 23.8. The van der Waals surface area contributed by atoms with Crippen molar-refractivity contribution in [1.82, 2.24) is 24.2 Å².